The van der Waals surface area contributed by atoms with Gasteiger partial charge in [0.05, 0.1) is 6.54 Å². The molecule has 1 aromatic heterocycles. The quantitative estimate of drug-likeness (QED) is 0.728. The molecule has 0 bridgehead atoms. The first-order chi connectivity index (χ1) is 8.45. The minimum absolute atomic E-state index is 0.0352. The van der Waals surface area contributed by atoms with Crippen molar-refractivity contribution >= 4 is 0 Å². The molecule has 0 saturated carbocycles. The number of nitrogens with one attached hydrogen (secondary N) is 1. The van der Waals surface area contributed by atoms with Crippen LogP contribution in [-0.2, 0) is 17.9 Å². The Morgan fingerprint density at radius 2 is 2.17 bits per heavy atom. The van der Waals surface area contributed by atoms with Gasteiger partial charge < -0.3 is 14.6 Å². The molecule has 0 fully saturated rings. The molecular weight excluding hydrogens is 258 g/mol. The maximum atomic E-state index is 12.5. The lowest BCUT2D eigenvalue weighted by Crippen LogP contribution is -2.32. The van der Waals surface area contributed by atoms with Crippen molar-refractivity contribution in [3.05, 3.63) is 11.7 Å². The Kier molecular flexibility index (Phi) is 5.48. The zero-order valence-electron chi connectivity index (χ0n) is 9.63. The van der Waals surface area contributed by atoms with Crippen molar-refractivity contribution in [2.24, 2.45) is 0 Å². The fourth-order valence-electron chi connectivity index (χ4n) is 0.994. The molecule has 0 amide bonds. The highest BCUT2D eigenvalue weighted by atomic mass is 19.3. The number of hydrogen-bond acceptors (Lipinski definition) is 5. The van der Waals surface area contributed by atoms with E-state index >= 15 is 0 Å². The van der Waals surface area contributed by atoms with E-state index in [0.717, 1.165) is 0 Å². The number of hydrogen-bond donors (Lipinski definition) is 1. The average molecular weight is 271 g/mol. The molecule has 1 N–H and O–H groups in total. The van der Waals surface area contributed by atoms with Gasteiger partial charge in [0.25, 0.3) is 0 Å². The second-order valence-electron chi connectivity index (χ2n) is 3.44. The monoisotopic (exact) mass is 271 g/mol. The SMILES string of the molecule is CCNCc1nc(COCC(F)(F)C(F)F)no1. The number of halogens is 4. The van der Waals surface area contributed by atoms with E-state index in [4.69, 9.17) is 4.52 Å². The lowest BCUT2D eigenvalue weighted by molar-refractivity contribution is -0.168. The van der Waals surface area contributed by atoms with Gasteiger partial charge in [-0.05, 0) is 6.54 Å². The third kappa shape index (κ3) is 4.57. The third-order valence-corrected chi connectivity index (χ3v) is 1.88. The van der Waals surface area contributed by atoms with Crippen molar-refractivity contribution in [3.63, 3.8) is 0 Å². The van der Waals surface area contributed by atoms with Gasteiger partial charge in [0.1, 0.15) is 13.2 Å². The third-order valence-electron chi connectivity index (χ3n) is 1.88. The number of ether oxygens (including phenoxy) is 1. The Balaban J connectivity index is 2.33. The summed E-state index contributed by atoms with van der Waals surface area (Å²) in [6.07, 6.45) is -3.76. The van der Waals surface area contributed by atoms with Crippen LogP contribution in [0.3, 0.4) is 0 Å². The van der Waals surface area contributed by atoms with Crippen LogP contribution in [0.4, 0.5) is 17.6 Å². The maximum Gasteiger partial charge on any atom is 0.330 e. The normalized spacial score (nSPS) is 12.3. The van der Waals surface area contributed by atoms with E-state index in [1.165, 1.54) is 0 Å². The molecule has 0 aliphatic carbocycles. The smallest absolute Gasteiger partial charge is 0.330 e. The summed E-state index contributed by atoms with van der Waals surface area (Å²) in [5, 5.41) is 6.37. The molecule has 1 rings (SSSR count). The summed E-state index contributed by atoms with van der Waals surface area (Å²) in [6, 6.07) is 0. The number of nitrogens with zero attached hydrogens (tertiary/aromatic N) is 2. The largest absolute Gasteiger partial charge is 0.367 e. The van der Waals surface area contributed by atoms with E-state index in [1.807, 2.05) is 6.92 Å². The molecule has 1 heterocycles. The van der Waals surface area contributed by atoms with Crippen LogP contribution >= 0.6 is 0 Å². The first-order valence-corrected chi connectivity index (χ1v) is 5.21. The number of aromatic nitrogens is 2. The van der Waals surface area contributed by atoms with E-state index in [9.17, 15) is 17.6 Å². The first kappa shape index (κ1) is 14.8. The van der Waals surface area contributed by atoms with Gasteiger partial charge in [-0.15, -0.1) is 0 Å². The van der Waals surface area contributed by atoms with E-state index in [-0.39, 0.29) is 11.7 Å². The Bertz CT molecular complexity index is 359. The van der Waals surface area contributed by atoms with Crippen LogP contribution in [0.25, 0.3) is 0 Å². The summed E-state index contributed by atoms with van der Waals surface area (Å²) >= 11 is 0. The van der Waals surface area contributed by atoms with Gasteiger partial charge in [0.15, 0.2) is 5.82 Å². The Hall–Kier alpha value is -1.22. The highest BCUT2D eigenvalue weighted by Crippen LogP contribution is 2.23. The topological polar surface area (TPSA) is 60.2 Å². The maximum absolute atomic E-state index is 12.5. The van der Waals surface area contributed by atoms with Crippen molar-refractivity contribution in [2.75, 3.05) is 13.2 Å². The molecule has 1 aromatic rings. The minimum Gasteiger partial charge on any atom is -0.367 e. The Labute approximate surface area is 100 Å². The fraction of sp³-hybridized carbons (Fsp3) is 0.778. The molecule has 0 aliphatic heterocycles. The molecule has 0 aromatic carbocycles. The van der Waals surface area contributed by atoms with Crippen molar-refractivity contribution in [1.29, 1.82) is 0 Å². The molecule has 0 saturated heterocycles. The number of alkyl halides is 4. The van der Waals surface area contributed by atoms with Crippen molar-refractivity contribution in [2.45, 2.75) is 32.4 Å². The highest BCUT2D eigenvalue weighted by Gasteiger charge is 2.41. The second-order valence-corrected chi connectivity index (χ2v) is 3.44. The van der Waals surface area contributed by atoms with Crippen molar-refractivity contribution in [1.82, 2.24) is 15.5 Å². The predicted molar refractivity (Wildman–Crippen MR) is 52.3 cm³/mol. The van der Waals surface area contributed by atoms with Crippen LogP contribution < -0.4 is 5.32 Å². The summed E-state index contributed by atoms with van der Waals surface area (Å²) in [4.78, 5) is 3.81. The zero-order chi connectivity index (χ0) is 13.6. The molecule has 0 unspecified atom stereocenters. The molecule has 0 radical (unpaired) electrons. The predicted octanol–water partition coefficient (Wildman–Crippen LogP) is 1.60. The summed E-state index contributed by atoms with van der Waals surface area (Å²) in [5.41, 5.74) is 0. The van der Waals surface area contributed by atoms with E-state index in [1.54, 1.807) is 0 Å². The Morgan fingerprint density at radius 3 is 2.78 bits per heavy atom. The molecule has 0 aliphatic rings. The summed E-state index contributed by atoms with van der Waals surface area (Å²) in [5.74, 6) is -3.86. The van der Waals surface area contributed by atoms with Crippen LogP contribution in [-0.4, -0.2) is 35.6 Å². The summed E-state index contributed by atoms with van der Waals surface area (Å²) < 4.78 is 57.7. The van der Waals surface area contributed by atoms with Crippen LogP contribution in [0.1, 0.15) is 18.6 Å². The van der Waals surface area contributed by atoms with Crippen LogP contribution in [0.5, 0.6) is 0 Å². The fourth-order valence-corrected chi connectivity index (χ4v) is 0.994. The second kappa shape index (κ2) is 6.64. The molecule has 5 nitrogen and oxygen atoms in total. The van der Waals surface area contributed by atoms with Crippen molar-refractivity contribution in [3.8, 4) is 0 Å². The van der Waals surface area contributed by atoms with Crippen LogP contribution in [0.15, 0.2) is 4.52 Å². The molecule has 0 atom stereocenters. The first-order valence-electron chi connectivity index (χ1n) is 5.21. The van der Waals surface area contributed by atoms with Gasteiger partial charge in [0.2, 0.25) is 5.89 Å². The van der Waals surface area contributed by atoms with Gasteiger partial charge >= 0.3 is 12.3 Å². The average Bonchev–Trinajstić information content (AvgIpc) is 2.74. The van der Waals surface area contributed by atoms with Crippen molar-refractivity contribution < 1.29 is 26.8 Å². The summed E-state index contributed by atoms with van der Waals surface area (Å²) in [7, 11) is 0. The molecule has 0 spiro atoms. The highest BCUT2D eigenvalue weighted by molar-refractivity contribution is 4.84. The van der Waals surface area contributed by atoms with Gasteiger partial charge in [-0.1, -0.05) is 12.1 Å². The molecular formula is C9H13F4N3O2. The standard InChI is InChI=1S/C9H13F4N3O2/c1-2-14-3-7-15-6(16-18-7)4-17-5-9(12,13)8(10)11/h8,14H,2-5H2,1H3. The van der Waals surface area contributed by atoms with Gasteiger partial charge in [-0.2, -0.15) is 13.8 Å². The summed E-state index contributed by atoms with van der Waals surface area (Å²) in [6.45, 7) is 1.14. The van der Waals surface area contributed by atoms with E-state index < -0.39 is 25.6 Å². The van der Waals surface area contributed by atoms with E-state index in [2.05, 4.69) is 20.2 Å². The molecule has 104 valence electrons. The lowest BCUT2D eigenvalue weighted by Gasteiger charge is -2.14. The minimum atomic E-state index is -4.17. The van der Waals surface area contributed by atoms with Gasteiger partial charge in [0, 0.05) is 0 Å². The van der Waals surface area contributed by atoms with Crippen LogP contribution in [0.2, 0.25) is 0 Å². The number of rotatable bonds is 8. The van der Waals surface area contributed by atoms with Gasteiger partial charge in [-0.25, -0.2) is 8.78 Å². The molecule has 9 heteroatoms. The lowest BCUT2D eigenvalue weighted by atomic mass is 10.4. The Morgan fingerprint density at radius 1 is 1.44 bits per heavy atom. The van der Waals surface area contributed by atoms with E-state index in [0.29, 0.717) is 13.1 Å². The molecule has 18 heavy (non-hydrogen) atoms. The zero-order valence-corrected chi connectivity index (χ0v) is 9.63. The van der Waals surface area contributed by atoms with Crippen LogP contribution in [0, 0.1) is 0 Å². The van der Waals surface area contributed by atoms with Gasteiger partial charge in [-0.3, -0.25) is 0 Å².